The van der Waals surface area contributed by atoms with Crippen molar-refractivity contribution < 1.29 is 22.1 Å². The number of anilines is 1. The van der Waals surface area contributed by atoms with Crippen LogP contribution in [0.1, 0.15) is 17.9 Å². The number of nitrogens with zero attached hydrogens (tertiary/aromatic N) is 2. The molecule has 0 bridgehead atoms. The molecule has 10 heteroatoms. The van der Waals surface area contributed by atoms with E-state index < -0.39 is 27.8 Å². The number of hydrogen-bond acceptors (Lipinski definition) is 5. The monoisotopic (exact) mass is 513 g/mol. The highest BCUT2D eigenvalue weighted by Crippen LogP contribution is 2.32. The molecule has 1 fully saturated rings. The number of carbonyl (C=O) groups is 1. The van der Waals surface area contributed by atoms with Crippen LogP contribution in [0.2, 0.25) is 5.02 Å². The average Bonchev–Trinajstić information content (AvgIpc) is 3.34. The van der Waals surface area contributed by atoms with Crippen molar-refractivity contribution in [3.05, 3.63) is 76.9 Å². The van der Waals surface area contributed by atoms with Gasteiger partial charge in [-0.05, 0) is 73.0 Å². The third kappa shape index (κ3) is 4.31. The highest BCUT2D eigenvalue weighted by Gasteiger charge is 2.37. The van der Waals surface area contributed by atoms with E-state index in [9.17, 15) is 13.2 Å². The van der Waals surface area contributed by atoms with Crippen LogP contribution in [0, 0.1) is 19.7 Å². The summed E-state index contributed by atoms with van der Waals surface area (Å²) in [5, 5.41) is 5.95. The zero-order valence-electron chi connectivity index (χ0n) is 18.9. The maximum absolute atomic E-state index is 15.0. The van der Waals surface area contributed by atoms with Crippen molar-refractivity contribution in [1.82, 2.24) is 9.88 Å². The number of carbonyl (C=O) groups excluding carboxylic acids is 1. The highest BCUT2D eigenvalue weighted by molar-refractivity contribution is 7.89. The Morgan fingerprint density at radius 2 is 1.83 bits per heavy atom. The quantitative estimate of drug-likeness (QED) is 0.406. The summed E-state index contributed by atoms with van der Waals surface area (Å²) in [6.45, 7) is 3.69. The van der Waals surface area contributed by atoms with Crippen molar-refractivity contribution in [1.29, 1.82) is 0 Å². The van der Waals surface area contributed by atoms with Gasteiger partial charge >= 0.3 is 0 Å². The van der Waals surface area contributed by atoms with E-state index >= 15 is 4.39 Å². The molecular formula is C25H21ClFN3O4S. The molecule has 7 nitrogen and oxygen atoms in total. The Balaban J connectivity index is 1.36. The standard InChI is InChI=1S/C25H21ClFN3O4S/c1-14-24(15(2)34-28-14)18-5-8-23(21(27)13-18)30-10-9-22(25(30)31)29-35(32,33)20-7-4-16-11-19(26)6-3-17(16)12-20/h3-8,11-13,22,29H,9-10H2,1-2H3. The van der Waals surface area contributed by atoms with Crippen molar-refractivity contribution >= 4 is 44.0 Å². The van der Waals surface area contributed by atoms with Crippen molar-refractivity contribution in [3.63, 3.8) is 0 Å². The van der Waals surface area contributed by atoms with E-state index in [-0.39, 0.29) is 23.5 Å². The van der Waals surface area contributed by atoms with Crippen molar-refractivity contribution in [2.24, 2.45) is 0 Å². The molecule has 180 valence electrons. The Morgan fingerprint density at radius 1 is 1.09 bits per heavy atom. The lowest BCUT2D eigenvalue weighted by atomic mass is 10.0. The van der Waals surface area contributed by atoms with Gasteiger partial charge < -0.3 is 9.42 Å². The van der Waals surface area contributed by atoms with Crippen molar-refractivity contribution in [3.8, 4) is 11.1 Å². The number of aryl methyl sites for hydroxylation is 2. The first kappa shape index (κ1) is 23.5. The van der Waals surface area contributed by atoms with Crippen LogP contribution in [-0.2, 0) is 14.8 Å². The first-order chi connectivity index (χ1) is 16.6. The number of hydrogen-bond donors (Lipinski definition) is 1. The molecule has 1 unspecified atom stereocenters. The van der Waals surface area contributed by atoms with E-state index in [0.29, 0.717) is 33.0 Å². The second kappa shape index (κ2) is 8.75. The molecular weight excluding hydrogens is 493 g/mol. The van der Waals surface area contributed by atoms with Crippen LogP contribution in [-0.4, -0.2) is 32.1 Å². The average molecular weight is 514 g/mol. The minimum Gasteiger partial charge on any atom is -0.361 e. The van der Waals surface area contributed by atoms with Gasteiger partial charge in [0.25, 0.3) is 0 Å². The fourth-order valence-electron chi connectivity index (χ4n) is 4.42. The molecule has 0 radical (unpaired) electrons. The number of amides is 1. The molecule has 1 N–H and O–H groups in total. The zero-order chi connectivity index (χ0) is 24.9. The zero-order valence-corrected chi connectivity index (χ0v) is 20.5. The topological polar surface area (TPSA) is 92.5 Å². The fourth-order valence-corrected chi connectivity index (χ4v) is 5.86. The summed E-state index contributed by atoms with van der Waals surface area (Å²) in [5.41, 5.74) is 2.02. The summed E-state index contributed by atoms with van der Waals surface area (Å²) in [7, 11) is -3.98. The summed E-state index contributed by atoms with van der Waals surface area (Å²) < 4.78 is 48.7. The molecule has 1 amide bonds. The summed E-state index contributed by atoms with van der Waals surface area (Å²) >= 11 is 5.99. The van der Waals surface area contributed by atoms with Crippen LogP contribution in [0.4, 0.5) is 10.1 Å². The predicted octanol–water partition coefficient (Wildman–Crippen LogP) is 4.99. The van der Waals surface area contributed by atoms with Gasteiger partial charge in [-0.25, -0.2) is 12.8 Å². The van der Waals surface area contributed by atoms with E-state index in [4.69, 9.17) is 16.1 Å². The highest BCUT2D eigenvalue weighted by atomic mass is 35.5. The molecule has 0 spiro atoms. The summed E-state index contributed by atoms with van der Waals surface area (Å²) in [6.07, 6.45) is 0.215. The maximum atomic E-state index is 15.0. The number of aromatic nitrogens is 1. The van der Waals surface area contributed by atoms with Gasteiger partial charge in [-0.3, -0.25) is 4.79 Å². The molecule has 2 heterocycles. The molecule has 4 aromatic rings. The molecule has 0 aliphatic carbocycles. The van der Waals surface area contributed by atoms with Gasteiger partial charge in [0.2, 0.25) is 15.9 Å². The third-order valence-electron chi connectivity index (χ3n) is 6.15. The third-order valence-corrected chi connectivity index (χ3v) is 7.85. The first-order valence-electron chi connectivity index (χ1n) is 10.9. The van der Waals surface area contributed by atoms with Crippen molar-refractivity contribution in [2.45, 2.75) is 31.2 Å². The Bertz CT molecular complexity index is 1570. The minimum absolute atomic E-state index is 0.0357. The van der Waals surface area contributed by atoms with Gasteiger partial charge in [-0.2, -0.15) is 4.72 Å². The number of nitrogens with one attached hydrogen (secondary N) is 1. The second-order valence-corrected chi connectivity index (χ2v) is 10.6. The summed E-state index contributed by atoms with van der Waals surface area (Å²) in [5.74, 6) is -0.532. The van der Waals surface area contributed by atoms with E-state index in [2.05, 4.69) is 9.88 Å². The van der Waals surface area contributed by atoms with E-state index in [1.54, 1.807) is 44.2 Å². The van der Waals surface area contributed by atoms with Gasteiger partial charge in [-0.15, -0.1) is 0 Å². The van der Waals surface area contributed by atoms with E-state index in [1.807, 2.05) is 0 Å². The van der Waals surface area contributed by atoms with Gasteiger partial charge in [0.1, 0.15) is 17.6 Å². The molecule has 5 rings (SSSR count). The van der Waals surface area contributed by atoms with E-state index in [0.717, 1.165) is 5.39 Å². The fraction of sp³-hybridized carbons (Fsp3) is 0.200. The van der Waals surface area contributed by atoms with Gasteiger partial charge in [0, 0.05) is 17.1 Å². The molecule has 1 aliphatic rings. The Labute approximate surface area is 206 Å². The molecule has 0 saturated carbocycles. The maximum Gasteiger partial charge on any atom is 0.245 e. The Hall–Kier alpha value is -3.27. The number of sulfonamides is 1. The lowest BCUT2D eigenvalue weighted by Gasteiger charge is -2.19. The molecule has 1 aliphatic heterocycles. The first-order valence-corrected chi connectivity index (χ1v) is 12.8. The molecule has 3 aromatic carbocycles. The molecule has 1 aromatic heterocycles. The number of benzene rings is 3. The molecule has 1 saturated heterocycles. The van der Waals surface area contributed by atoms with Gasteiger partial charge in [0.05, 0.1) is 16.3 Å². The van der Waals surface area contributed by atoms with E-state index in [1.165, 1.54) is 29.2 Å². The SMILES string of the molecule is Cc1noc(C)c1-c1ccc(N2CCC(NS(=O)(=O)c3ccc4cc(Cl)ccc4c3)C2=O)c(F)c1. The minimum atomic E-state index is -3.98. The molecule has 35 heavy (non-hydrogen) atoms. The number of fused-ring (bicyclic) bond motifs is 1. The van der Waals surface area contributed by atoms with Crippen LogP contribution in [0.15, 0.2) is 64.0 Å². The van der Waals surface area contributed by atoms with Gasteiger partial charge in [0.15, 0.2) is 0 Å². The Morgan fingerprint density at radius 3 is 2.54 bits per heavy atom. The largest absolute Gasteiger partial charge is 0.361 e. The summed E-state index contributed by atoms with van der Waals surface area (Å²) in [6, 6.07) is 13.3. The predicted molar refractivity (Wildman–Crippen MR) is 131 cm³/mol. The van der Waals surface area contributed by atoms with Crippen LogP contribution in [0.25, 0.3) is 21.9 Å². The van der Waals surface area contributed by atoms with Gasteiger partial charge in [-0.1, -0.05) is 35.0 Å². The molecule has 1 atom stereocenters. The normalized spacial score (nSPS) is 16.4. The number of rotatable bonds is 5. The smallest absolute Gasteiger partial charge is 0.245 e. The van der Waals surface area contributed by atoms with Crippen molar-refractivity contribution in [2.75, 3.05) is 11.4 Å². The number of halogens is 2. The lowest BCUT2D eigenvalue weighted by molar-refractivity contribution is -0.118. The second-order valence-electron chi connectivity index (χ2n) is 8.47. The van der Waals surface area contributed by atoms with Crippen LogP contribution >= 0.6 is 11.6 Å². The van der Waals surface area contributed by atoms with Crippen LogP contribution < -0.4 is 9.62 Å². The summed E-state index contributed by atoms with van der Waals surface area (Å²) in [4.78, 5) is 14.3. The lowest BCUT2D eigenvalue weighted by Crippen LogP contribution is -2.41. The van der Waals surface area contributed by atoms with Crippen LogP contribution in [0.5, 0.6) is 0 Å². The van der Waals surface area contributed by atoms with Crippen LogP contribution in [0.3, 0.4) is 0 Å². The Kier molecular flexibility index (Phi) is 5.86.